The minimum atomic E-state index is -1.41. The van der Waals surface area contributed by atoms with E-state index in [0.29, 0.717) is 35.9 Å². The number of piperidine rings is 1. The number of nitrogens with two attached hydrogens (primary N) is 1. The highest BCUT2D eigenvalue weighted by Gasteiger charge is 2.39. The summed E-state index contributed by atoms with van der Waals surface area (Å²) in [6.07, 6.45) is 0.173. The second-order valence-electron chi connectivity index (χ2n) is 11.0. The molecule has 2 aromatic carbocycles. The molecule has 0 spiro atoms. The lowest BCUT2D eigenvalue weighted by atomic mass is 9.96. The molecule has 2 heterocycles. The molecule has 2 saturated heterocycles. The molecular weight excluding hydrogens is 509 g/mol. The lowest BCUT2D eigenvalue weighted by Gasteiger charge is -2.34. The lowest BCUT2D eigenvalue weighted by molar-refractivity contribution is -0.121. The van der Waals surface area contributed by atoms with E-state index in [0.717, 1.165) is 36.9 Å². The molecule has 4 rings (SSSR count). The average Bonchev–Trinajstić information content (AvgIpc) is 3.29. The van der Waals surface area contributed by atoms with Crippen LogP contribution in [0.5, 0.6) is 5.75 Å². The van der Waals surface area contributed by atoms with Gasteiger partial charge in [0.1, 0.15) is 29.4 Å². The minimum absolute atomic E-state index is 0.211. The van der Waals surface area contributed by atoms with Gasteiger partial charge in [0.15, 0.2) is 0 Å². The van der Waals surface area contributed by atoms with Gasteiger partial charge in [0, 0.05) is 13.0 Å². The number of likely N-dealkylation sites (tertiary alicyclic amines) is 2. The van der Waals surface area contributed by atoms with Gasteiger partial charge in [0.25, 0.3) is 5.91 Å². The second kappa shape index (κ2) is 11.7. The van der Waals surface area contributed by atoms with Crippen LogP contribution in [0.3, 0.4) is 0 Å². The first-order chi connectivity index (χ1) is 18.4. The van der Waals surface area contributed by atoms with Gasteiger partial charge >= 0.3 is 0 Å². The number of nitrogens with zero attached hydrogens (tertiary/aromatic N) is 3. The molecule has 2 atom stereocenters. The number of halogens is 3. The fraction of sp³-hybridized carbons (Fsp3) is 0.483. The number of hydrogen-bond acceptors (Lipinski definition) is 5. The number of rotatable bonds is 8. The van der Waals surface area contributed by atoms with Gasteiger partial charge < -0.3 is 20.3 Å². The monoisotopic (exact) mass is 542 g/mol. The molecule has 2 aromatic rings. The Bertz CT molecular complexity index is 1270. The van der Waals surface area contributed by atoms with Crippen molar-refractivity contribution in [2.75, 3.05) is 32.8 Å². The Balaban J connectivity index is 1.42. The zero-order valence-corrected chi connectivity index (χ0v) is 22.1. The number of benzene rings is 2. The highest BCUT2D eigenvalue weighted by atomic mass is 19.1. The van der Waals surface area contributed by atoms with Gasteiger partial charge in [-0.3, -0.25) is 9.59 Å². The van der Waals surface area contributed by atoms with Crippen LogP contribution < -0.4 is 10.5 Å². The molecule has 0 aromatic heterocycles. The maximum atomic E-state index is 15.0. The summed E-state index contributed by atoms with van der Waals surface area (Å²) in [7, 11) is 0. The number of hydrogen-bond donors (Lipinski definition) is 1. The zero-order valence-electron chi connectivity index (χ0n) is 22.1. The van der Waals surface area contributed by atoms with Gasteiger partial charge in [-0.15, -0.1) is 0 Å². The van der Waals surface area contributed by atoms with Gasteiger partial charge in [0.05, 0.1) is 30.3 Å². The van der Waals surface area contributed by atoms with Crippen LogP contribution in [-0.2, 0) is 4.79 Å². The molecule has 2 aliphatic rings. The van der Waals surface area contributed by atoms with E-state index in [1.54, 1.807) is 32.0 Å². The van der Waals surface area contributed by atoms with Gasteiger partial charge in [0.2, 0.25) is 5.91 Å². The quantitative estimate of drug-likeness (QED) is 0.538. The van der Waals surface area contributed by atoms with Crippen LogP contribution in [0.25, 0.3) is 11.1 Å². The van der Waals surface area contributed by atoms with Crippen molar-refractivity contribution in [1.29, 1.82) is 5.26 Å². The number of carbonyl (C=O) groups excluding carboxylic acids is 2. The Morgan fingerprint density at radius 2 is 1.90 bits per heavy atom. The third kappa shape index (κ3) is 6.90. The largest absolute Gasteiger partial charge is 0.493 e. The van der Waals surface area contributed by atoms with E-state index >= 15 is 4.39 Å². The minimum Gasteiger partial charge on any atom is -0.493 e. The van der Waals surface area contributed by atoms with Crippen LogP contribution in [0.4, 0.5) is 13.2 Å². The van der Waals surface area contributed by atoms with Crippen molar-refractivity contribution in [1.82, 2.24) is 9.80 Å². The van der Waals surface area contributed by atoms with Crippen LogP contribution in [0.2, 0.25) is 0 Å². The predicted octanol–water partition coefficient (Wildman–Crippen LogP) is 4.24. The van der Waals surface area contributed by atoms with E-state index in [1.165, 1.54) is 12.1 Å². The van der Waals surface area contributed by atoms with Crippen molar-refractivity contribution >= 4 is 11.8 Å². The normalized spacial score (nSPS) is 20.6. The SMILES string of the molecule is CC(C)(F)CN1CCC(COc2ccc(-c3ccc(C(=O)N4CC(F)CC4C(N)=O)c(F)c3)c(C#N)c2)CC1. The van der Waals surface area contributed by atoms with E-state index < -0.39 is 35.5 Å². The number of primary amides is 1. The molecule has 0 radical (unpaired) electrons. The molecule has 39 heavy (non-hydrogen) atoms. The van der Waals surface area contributed by atoms with Crippen LogP contribution >= 0.6 is 0 Å². The Morgan fingerprint density at radius 3 is 2.51 bits per heavy atom. The van der Waals surface area contributed by atoms with E-state index in [-0.39, 0.29) is 24.1 Å². The highest BCUT2D eigenvalue weighted by Crippen LogP contribution is 2.31. The summed E-state index contributed by atoms with van der Waals surface area (Å²) in [6, 6.07) is 9.85. The fourth-order valence-electron chi connectivity index (χ4n) is 5.30. The van der Waals surface area contributed by atoms with Crippen molar-refractivity contribution < 1.29 is 27.5 Å². The van der Waals surface area contributed by atoms with Crippen molar-refractivity contribution in [3.8, 4) is 22.9 Å². The average molecular weight is 543 g/mol. The molecule has 2 aliphatic heterocycles. The number of amides is 2. The molecule has 0 bridgehead atoms. The molecule has 2 amide bonds. The predicted molar refractivity (Wildman–Crippen MR) is 140 cm³/mol. The van der Waals surface area contributed by atoms with E-state index in [4.69, 9.17) is 10.5 Å². The summed E-state index contributed by atoms with van der Waals surface area (Å²) in [5.41, 5.74) is 4.88. The summed E-state index contributed by atoms with van der Waals surface area (Å²) in [5.74, 6) is -1.66. The standard InChI is InChI=1S/C29H33F3N4O3/c1-29(2,32)17-35-9-7-18(8-10-35)16-39-22-4-6-23(20(11-22)14-33)19-3-5-24(25(31)12-19)28(38)36-15-21(30)13-26(36)27(34)37/h3-6,11-12,18,21,26H,7-10,13,15-17H2,1-2H3,(H2,34,37). The Hall–Kier alpha value is -3.58. The molecule has 208 valence electrons. The van der Waals surface area contributed by atoms with Crippen molar-refractivity contribution in [2.24, 2.45) is 11.7 Å². The van der Waals surface area contributed by atoms with Crippen molar-refractivity contribution in [3.63, 3.8) is 0 Å². The molecule has 2 unspecified atom stereocenters. The Kier molecular flexibility index (Phi) is 8.50. The first-order valence-corrected chi connectivity index (χ1v) is 13.1. The Morgan fingerprint density at radius 1 is 1.18 bits per heavy atom. The van der Waals surface area contributed by atoms with E-state index in [9.17, 15) is 23.6 Å². The number of ether oxygens (including phenoxy) is 1. The summed E-state index contributed by atoms with van der Waals surface area (Å²) < 4.78 is 48.7. The van der Waals surface area contributed by atoms with Gasteiger partial charge in [-0.05, 0) is 87.2 Å². The second-order valence-corrected chi connectivity index (χ2v) is 11.0. The number of alkyl halides is 2. The molecule has 10 heteroatoms. The summed E-state index contributed by atoms with van der Waals surface area (Å²) in [5, 5.41) is 9.73. The zero-order chi connectivity index (χ0) is 28.3. The van der Waals surface area contributed by atoms with Crippen molar-refractivity contribution in [3.05, 3.63) is 53.3 Å². The summed E-state index contributed by atoms with van der Waals surface area (Å²) in [4.78, 5) is 27.6. The molecule has 0 saturated carbocycles. The van der Waals surface area contributed by atoms with Crippen molar-refractivity contribution in [2.45, 2.75) is 51.0 Å². The van der Waals surface area contributed by atoms with Gasteiger partial charge in [-0.25, -0.2) is 13.2 Å². The van der Waals surface area contributed by atoms with Crippen LogP contribution in [0.1, 0.15) is 49.0 Å². The molecule has 7 nitrogen and oxygen atoms in total. The first kappa shape index (κ1) is 28.4. The smallest absolute Gasteiger partial charge is 0.257 e. The number of nitriles is 1. The van der Waals surface area contributed by atoms with Crippen LogP contribution in [-0.4, -0.2) is 72.3 Å². The maximum absolute atomic E-state index is 15.0. The van der Waals surface area contributed by atoms with Crippen LogP contribution in [0, 0.1) is 23.1 Å². The topological polar surface area (TPSA) is 99.7 Å². The molecule has 0 aliphatic carbocycles. The third-order valence-corrected chi connectivity index (χ3v) is 7.25. The summed E-state index contributed by atoms with van der Waals surface area (Å²) in [6.45, 7) is 5.34. The molecule has 2 fully saturated rings. The first-order valence-electron chi connectivity index (χ1n) is 13.1. The van der Waals surface area contributed by atoms with Crippen LogP contribution in [0.15, 0.2) is 36.4 Å². The maximum Gasteiger partial charge on any atom is 0.257 e. The lowest BCUT2D eigenvalue weighted by Crippen LogP contribution is -2.44. The van der Waals surface area contributed by atoms with E-state index in [2.05, 4.69) is 11.0 Å². The van der Waals surface area contributed by atoms with E-state index in [1.807, 2.05) is 0 Å². The molecule has 2 N–H and O–H groups in total. The van der Waals surface area contributed by atoms with Gasteiger partial charge in [-0.2, -0.15) is 5.26 Å². The highest BCUT2D eigenvalue weighted by molar-refractivity contribution is 5.98. The fourth-order valence-corrected chi connectivity index (χ4v) is 5.30. The third-order valence-electron chi connectivity index (χ3n) is 7.25. The summed E-state index contributed by atoms with van der Waals surface area (Å²) >= 11 is 0. The molecular formula is C29H33F3N4O3. The van der Waals surface area contributed by atoms with Gasteiger partial charge in [-0.1, -0.05) is 6.07 Å². The number of carbonyl (C=O) groups is 2. The Labute approximate surface area is 226 Å².